The molecule has 1 rings (SSSR count). The predicted octanol–water partition coefficient (Wildman–Crippen LogP) is 2.31. The smallest absolute Gasteiger partial charge is 0.186 e. The molecule has 0 spiro atoms. The largest absolute Gasteiger partial charge is 0.380 e. The average Bonchev–Trinajstić information content (AvgIpc) is 2.93. The van der Waals surface area contributed by atoms with Gasteiger partial charge >= 0.3 is 0 Å². The van der Waals surface area contributed by atoms with Crippen LogP contribution in [-0.4, -0.2) is 56.7 Å². The summed E-state index contributed by atoms with van der Waals surface area (Å²) in [5, 5.41) is 1.93. The predicted molar refractivity (Wildman–Crippen MR) is 78.1 cm³/mol. The van der Waals surface area contributed by atoms with Crippen molar-refractivity contribution in [3.8, 4) is 0 Å². The Bertz CT molecular complexity index is 330. The number of ketones is 1. The minimum absolute atomic E-state index is 0.169. The van der Waals surface area contributed by atoms with Crippen LogP contribution in [0.4, 0.5) is 0 Å². The van der Waals surface area contributed by atoms with E-state index in [1.165, 1.54) is 11.3 Å². The first kappa shape index (κ1) is 16.3. The van der Waals surface area contributed by atoms with E-state index in [0.717, 1.165) is 18.0 Å². The summed E-state index contributed by atoms with van der Waals surface area (Å²) in [7, 11) is 0. The maximum atomic E-state index is 12.1. The minimum Gasteiger partial charge on any atom is -0.380 e. The molecule has 19 heavy (non-hydrogen) atoms. The lowest BCUT2D eigenvalue weighted by atomic mass is 10.3. The Morgan fingerprint density at radius 3 is 2.32 bits per heavy atom. The van der Waals surface area contributed by atoms with Crippen molar-refractivity contribution in [1.82, 2.24) is 4.90 Å². The van der Waals surface area contributed by atoms with E-state index in [4.69, 9.17) is 9.47 Å². The number of carbonyl (C=O) groups excluding carboxylic acids is 1. The number of Topliss-reactive ketones (excluding diaryl/α,β-unsaturated/α-hetero) is 1. The summed E-state index contributed by atoms with van der Waals surface area (Å²) < 4.78 is 10.7. The van der Waals surface area contributed by atoms with Crippen LogP contribution in [0.1, 0.15) is 23.5 Å². The SMILES string of the molecule is CCOCCN(CCOCC)CC(=O)c1cccs1. The molecule has 0 amide bonds. The van der Waals surface area contributed by atoms with Crippen LogP contribution < -0.4 is 0 Å². The van der Waals surface area contributed by atoms with Gasteiger partial charge in [0.05, 0.1) is 24.6 Å². The van der Waals surface area contributed by atoms with Gasteiger partial charge < -0.3 is 9.47 Å². The lowest BCUT2D eigenvalue weighted by Crippen LogP contribution is -2.35. The zero-order valence-electron chi connectivity index (χ0n) is 11.8. The van der Waals surface area contributed by atoms with Gasteiger partial charge in [-0.1, -0.05) is 6.07 Å². The summed E-state index contributed by atoms with van der Waals surface area (Å²) in [6.45, 7) is 8.62. The van der Waals surface area contributed by atoms with Crippen molar-refractivity contribution >= 4 is 17.1 Å². The van der Waals surface area contributed by atoms with Gasteiger partial charge in [-0.15, -0.1) is 11.3 Å². The first-order chi connectivity index (χ1) is 9.27. The van der Waals surface area contributed by atoms with Gasteiger partial charge in [0.2, 0.25) is 0 Å². The molecule has 0 saturated carbocycles. The quantitative estimate of drug-likeness (QED) is 0.462. The molecule has 0 atom stereocenters. The molecule has 0 unspecified atom stereocenters. The number of nitrogens with zero attached hydrogens (tertiary/aromatic N) is 1. The Morgan fingerprint density at radius 2 is 1.84 bits per heavy atom. The van der Waals surface area contributed by atoms with Gasteiger partial charge in [0.25, 0.3) is 0 Å². The van der Waals surface area contributed by atoms with E-state index in [1.807, 2.05) is 31.4 Å². The monoisotopic (exact) mass is 285 g/mol. The highest BCUT2D eigenvalue weighted by molar-refractivity contribution is 7.12. The second-order valence-corrected chi connectivity index (χ2v) is 5.02. The topological polar surface area (TPSA) is 38.8 Å². The second kappa shape index (κ2) is 10.1. The zero-order valence-corrected chi connectivity index (χ0v) is 12.6. The summed E-state index contributed by atoms with van der Waals surface area (Å²) in [6, 6.07) is 3.78. The molecule has 0 aromatic carbocycles. The lowest BCUT2D eigenvalue weighted by molar-refractivity contribution is 0.0727. The molecule has 0 aliphatic heterocycles. The fourth-order valence-electron chi connectivity index (χ4n) is 1.66. The van der Waals surface area contributed by atoms with E-state index in [-0.39, 0.29) is 5.78 Å². The third-order valence-corrected chi connectivity index (χ3v) is 3.59. The van der Waals surface area contributed by atoms with Gasteiger partial charge in [-0.3, -0.25) is 9.69 Å². The van der Waals surface area contributed by atoms with E-state index in [2.05, 4.69) is 4.90 Å². The molecule has 0 radical (unpaired) electrons. The summed E-state index contributed by atoms with van der Waals surface area (Å²) in [5.41, 5.74) is 0. The molecule has 1 aromatic rings. The van der Waals surface area contributed by atoms with E-state index >= 15 is 0 Å². The number of hydrogen-bond acceptors (Lipinski definition) is 5. The summed E-state index contributed by atoms with van der Waals surface area (Å²) in [5.74, 6) is 0.169. The van der Waals surface area contributed by atoms with Crippen molar-refractivity contribution in [2.24, 2.45) is 0 Å². The maximum Gasteiger partial charge on any atom is 0.186 e. The van der Waals surface area contributed by atoms with Crippen LogP contribution in [0.2, 0.25) is 0 Å². The van der Waals surface area contributed by atoms with Crippen molar-refractivity contribution in [2.75, 3.05) is 46.1 Å². The van der Waals surface area contributed by atoms with E-state index in [9.17, 15) is 4.79 Å². The Labute approximate surface area is 119 Å². The summed E-state index contributed by atoms with van der Waals surface area (Å²) in [4.78, 5) is 15.0. The van der Waals surface area contributed by atoms with Crippen LogP contribution in [0.25, 0.3) is 0 Å². The molecule has 0 N–H and O–H groups in total. The second-order valence-electron chi connectivity index (χ2n) is 4.07. The Kier molecular flexibility index (Phi) is 8.66. The fraction of sp³-hybridized carbons (Fsp3) is 0.643. The zero-order chi connectivity index (χ0) is 13.9. The van der Waals surface area contributed by atoms with Crippen molar-refractivity contribution in [3.05, 3.63) is 22.4 Å². The molecule has 0 saturated heterocycles. The van der Waals surface area contributed by atoms with Crippen molar-refractivity contribution in [1.29, 1.82) is 0 Å². The van der Waals surface area contributed by atoms with Crippen LogP contribution in [-0.2, 0) is 9.47 Å². The Hall–Kier alpha value is -0.750. The third kappa shape index (κ3) is 6.82. The molecule has 4 nitrogen and oxygen atoms in total. The van der Waals surface area contributed by atoms with Gasteiger partial charge in [-0.05, 0) is 25.3 Å². The fourth-order valence-corrected chi connectivity index (χ4v) is 2.32. The first-order valence-corrected chi connectivity index (χ1v) is 7.60. The normalized spacial score (nSPS) is 11.1. The number of rotatable bonds is 11. The van der Waals surface area contributed by atoms with Crippen LogP contribution in [0, 0.1) is 0 Å². The first-order valence-electron chi connectivity index (χ1n) is 6.72. The molecule has 0 aliphatic carbocycles. The minimum atomic E-state index is 0.169. The standard InChI is InChI=1S/C14H23NO3S/c1-3-17-9-7-15(8-10-18-4-2)12-13(16)14-6-5-11-19-14/h5-6,11H,3-4,7-10,12H2,1-2H3. The third-order valence-electron chi connectivity index (χ3n) is 2.68. The van der Waals surface area contributed by atoms with Crippen molar-refractivity contribution in [3.63, 3.8) is 0 Å². The summed E-state index contributed by atoms with van der Waals surface area (Å²) >= 11 is 1.49. The Balaban J connectivity index is 2.40. The van der Waals surface area contributed by atoms with Gasteiger partial charge in [0.1, 0.15) is 0 Å². The number of carbonyl (C=O) groups is 1. The van der Waals surface area contributed by atoms with Gasteiger partial charge in [0.15, 0.2) is 5.78 Å². The van der Waals surface area contributed by atoms with Crippen LogP contribution >= 0.6 is 11.3 Å². The highest BCUT2D eigenvalue weighted by Gasteiger charge is 2.13. The van der Waals surface area contributed by atoms with Crippen LogP contribution in [0.5, 0.6) is 0 Å². The average molecular weight is 285 g/mol. The number of hydrogen-bond donors (Lipinski definition) is 0. The molecule has 108 valence electrons. The number of thiophene rings is 1. The van der Waals surface area contributed by atoms with Gasteiger partial charge in [0, 0.05) is 26.3 Å². The van der Waals surface area contributed by atoms with E-state index in [0.29, 0.717) is 33.0 Å². The van der Waals surface area contributed by atoms with Gasteiger partial charge in [-0.25, -0.2) is 0 Å². The van der Waals surface area contributed by atoms with E-state index < -0.39 is 0 Å². The van der Waals surface area contributed by atoms with Gasteiger partial charge in [-0.2, -0.15) is 0 Å². The number of ether oxygens (including phenoxy) is 2. The highest BCUT2D eigenvalue weighted by Crippen LogP contribution is 2.10. The van der Waals surface area contributed by atoms with Crippen LogP contribution in [0.3, 0.4) is 0 Å². The molecule has 1 heterocycles. The lowest BCUT2D eigenvalue weighted by Gasteiger charge is -2.20. The van der Waals surface area contributed by atoms with Crippen molar-refractivity contribution < 1.29 is 14.3 Å². The Morgan fingerprint density at radius 1 is 1.21 bits per heavy atom. The highest BCUT2D eigenvalue weighted by atomic mass is 32.1. The molecule has 0 fully saturated rings. The molecular formula is C14H23NO3S. The molecule has 0 aliphatic rings. The van der Waals surface area contributed by atoms with Crippen molar-refractivity contribution in [2.45, 2.75) is 13.8 Å². The maximum absolute atomic E-state index is 12.1. The molecule has 1 aromatic heterocycles. The molecular weight excluding hydrogens is 262 g/mol. The van der Waals surface area contributed by atoms with E-state index in [1.54, 1.807) is 0 Å². The summed E-state index contributed by atoms with van der Waals surface area (Å²) in [6.07, 6.45) is 0. The molecule has 5 heteroatoms. The van der Waals surface area contributed by atoms with Crippen LogP contribution in [0.15, 0.2) is 17.5 Å². The molecule has 0 bridgehead atoms.